The number of carbonyl (C=O) groups is 1. The lowest BCUT2D eigenvalue weighted by Gasteiger charge is -2.03. The van der Waals surface area contributed by atoms with Gasteiger partial charge in [0.2, 0.25) is 0 Å². The third-order valence-electron chi connectivity index (χ3n) is 3.78. The maximum Gasteiger partial charge on any atom is 0.354 e. The van der Waals surface area contributed by atoms with Gasteiger partial charge >= 0.3 is 5.97 Å². The van der Waals surface area contributed by atoms with Crippen molar-refractivity contribution in [1.29, 1.82) is 5.26 Å². The summed E-state index contributed by atoms with van der Waals surface area (Å²) in [5.41, 5.74) is 3.01. The minimum Gasteiger partial charge on any atom is -0.477 e. The summed E-state index contributed by atoms with van der Waals surface area (Å²) in [7, 11) is 1.89. The molecule has 0 amide bonds. The van der Waals surface area contributed by atoms with Crippen LogP contribution in [0.3, 0.4) is 0 Å². The van der Waals surface area contributed by atoms with Gasteiger partial charge in [-0.15, -0.1) is 0 Å². The van der Waals surface area contributed by atoms with Crippen molar-refractivity contribution >= 4 is 17.1 Å². The Kier molecular flexibility index (Phi) is 3.77. The average Bonchev–Trinajstić information content (AvgIpc) is 2.89. The fourth-order valence-electron chi connectivity index (χ4n) is 2.47. The van der Waals surface area contributed by atoms with E-state index in [0.717, 1.165) is 23.3 Å². The van der Waals surface area contributed by atoms with Crippen LogP contribution in [-0.2, 0) is 19.9 Å². The SMILES string of the molecule is Cn1c(CCc2ccc(C#N)cc2)nc2nc(C(=O)O)ccc21. The van der Waals surface area contributed by atoms with Gasteiger partial charge in [0.1, 0.15) is 5.82 Å². The fourth-order valence-corrected chi connectivity index (χ4v) is 2.47. The van der Waals surface area contributed by atoms with Crippen LogP contribution in [-0.4, -0.2) is 25.6 Å². The van der Waals surface area contributed by atoms with Gasteiger partial charge in [0.25, 0.3) is 0 Å². The van der Waals surface area contributed by atoms with Crippen molar-refractivity contribution < 1.29 is 9.90 Å². The van der Waals surface area contributed by atoms with Crippen molar-refractivity contribution in [2.75, 3.05) is 0 Å². The van der Waals surface area contributed by atoms with Crippen LogP contribution in [0, 0.1) is 11.3 Å². The number of aromatic carboxylic acids is 1. The lowest BCUT2D eigenvalue weighted by molar-refractivity contribution is 0.0691. The van der Waals surface area contributed by atoms with Crippen molar-refractivity contribution in [2.24, 2.45) is 7.05 Å². The van der Waals surface area contributed by atoms with Crippen LogP contribution in [0.15, 0.2) is 36.4 Å². The zero-order valence-electron chi connectivity index (χ0n) is 12.5. The molecule has 0 fully saturated rings. The van der Waals surface area contributed by atoms with E-state index in [9.17, 15) is 4.79 Å². The van der Waals surface area contributed by atoms with Crippen LogP contribution in [0.25, 0.3) is 11.2 Å². The predicted molar refractivity (Wildman–Crippen MR) is 84.0 cm³/mol. The molecule has 0 aliphatic heterocycles. The van der Waals surface area contributed by atoms with Crippen LogP contribution in [0.4, 0.5) is 0 Å². The monoisotopic (exact) mass is 306 g/mol. The van der Waals surface area contributed by atoms with Gasteiger partial charge in [-0.1, -0.05) is 12.1 Å². The van der Waals surface area contributed by atoms with E-state index >= 15 is 0 Å². The van der Waals surface area contributed by atoms with Crippen LogP contribution in [0.1, 0.15) is 27.4 Å². The molecule has 0 radical (unpaired) electrons. The maximum atomic E-state index is 11.0. The van der Waals surface area contributed by atoms with E-state index in [4.69, 9.17) is 10.4 Å². The molecule has 2 aromatic heterocycles. The van der Waals surface area contributed by atoms with E-state index in [-0.39, 0.29) is 5.69 Å². The Morgan fingerprint density at radius 2 is 1.91 bits per heavy atom. The minimum absolute atomic E-state index is 0.00533. The number of aryl methyl sites for hydroxylation is 3. The molecule has 3 rings (SSSR count). The molecule has 23 heavy (non-hydrogen) atoms. The molecule has 1 aromatic carbocycles. The molecule has 1 N–H and O–H groups in total. The third kappa shape index (κ3) is 2.90. The molecule has 0 atom stereocenters. The van der Waals surface area contributed by atoms with E-state index in [1.807, 2.05) is 23.7 Å². The van der Waals surface area contributed by atoms with Gasteiger partial charge in [0, 0.05) is 13.5 Å². The first-order valence-electron chi connectivity index (χ1n) is 7.13. The number of carboxylic acids is 1. The van der Waals surface area contributed by atoms with Crippen LogP contribution in [0.2, 0.25) is 0 Å². The fraction of sp³-hybridized carbons (Fsp3) is 0.176. The summed E-state index contributed by atoms with van der Waals surface area (Å²) in [6, 6.07) is 12.8. The second-order valence-electron chi connectivity index (χ2n) is 5.24. The molecule has 0 saturated carbocycles. The molecule has 114 valence electrons. The lowest BCUT2D eigenvalue weighted by atomic mass is 10.1. The van der Waals surface area contributed by atoms with Crippen LogP contribution >= 0.6 is 0 Å². The van der Waals surface area contributed by atoms with E-state index in [1.54, 1.807) is 18.2 Å². The molecule has 0 unspecified atom stereocenters. The Morgan fingerprint density at radius 1 is 1.17 bits per heavy atom. The second kappa shape index (κ2) is 5.89. The largest absolute Gasteiger partial charge is 0.477 e. The molecular weight excluding hydrogens is 292 g/mol. The molecule has 0 aliphatic rings. The zero-order chi connectivity index (χ0) is 16.4. The van der Waals surface area contributed by atoms with Gasteiger partial charge < -0.3 is 9.67 Å². The molecule has 0 bridgehead atoms. The number of hydrogen-bond acceptors (Lipinski definition) is 4. The number of rotatable bonds is 4. The molecule has 0 spiro atoms. The maximum absolute atomic E-state index is 11.0. The van der Waals surface area contributed by atoms with Crippen molar-refractivity contribution in [3.63, 3.8) is 0 Å². The highest BCUT2D eigenvalue weighted by Gasteiger charge is 2.12. The first-order valence-corrected chi connectivity index (χ1v) is 7.13. The number of aromatic nitrogens is 3. The van der Waals surface area contributed by atoms with E-state index < -0.39 is 5.97 Å². The summed E-state index contributed by atoms with van der Waals surface area (Å²) >= 11 is 0. The van der Waals surface area contributed by atoms with Gasteiger partial charge in [0.05, 0.1) is 17.1 Å². The van der Waals surface area contributed by atoms with Crippen LogP contribution < -0.4 is 0 Å². The summed E-state index contributed by atoms with van der Waals surface area (Å²) in [6.45, 7) is 0. The normalized spacial score (nSPS) is 10.6. The van der Waals surface area contributed by atoms with Crippen molar-refractivity contribution in [2.45, 2.75) is 12.8 Å². The molecule has 0 aliphatic carbocycles. The number of fused-ring (bicyclic) bond motifs is 1. The van der Waals surface area contributed by atoms with E-state index in [0.29, 0.717) is 17.6 Å². The number of hydrogen-bond donors (Lipinski definition) is 1. The minimum atomic E-state index is -1.06. The van der Waals surface area contributed by atoms with Gasteiger partial charge in [-0.3, -0.25) is 0 Å². The number of imidazole rings is 1. The third-order valence-corrected chi connectivity index (χ3v) is 3.78. The predicted octanol–water partition coefficient (Wildman–Crippen LogP) is 2.32. The summed E-state index contributed by atoms with van der Waals surface area (Å²) in [5.74, 6) is -0.212. The Morgan fingerprint density at radius 3 is 2.57 bits per heavy atom. The highest BCUT2D eigenvalue weighted by atomic mass is 16.4. The zero-order valence-corrected chi connectivity index (χ0v) is 12.5. The Bertz CT molecular complexity index is 920. The Balaban J connectivity index is 1.83. The summed E-state index contributed by atoms with van der Waals surface area (Å²) in [4.78, 5) is 19.5. The van der Waals surface area contributed by atoms with Crippen molar-refractivity contribution in [3.05, 3.63) is 59.0 Å². The number of nitrogens with zero attached hydrogens (tertiary/aromatic N) is 4. The molecule has 2 heterocycles. The van der Waals surface area contributed by atoms with Gasteiger partial charge in [-0.2, -0.15) is 5.26 Å². The van der Waals surface area contributed by atoms with E-state index in [1.165, 1.54) is 6.07 Å². The summed E-state index contributed by atoms with van der Waals surface area (Å²) in [5, 5.41) is 17.8. The molecule has 6 heteroatoms. The Hall–Kier alpha value is -3.20. The highest BCUT2D eigenvalue weighted by Crippen LogP contribution is 2.16. The lowest BCUT2D eigenvalue weighted by Crippen LogP contribution is -2.01. The average molecular weight is 306 g/mol. The van der Waals surface area contributed by atoms with Crippen molar-refractivity contribution in [1.82, 2.24) is 14.5 Å². The van der Waals surface area contributed by atoms with Gasteiger partial charge in [-0.25, -0.2) is 14.8 Å². The molecule has 6 nitrogen and oxygen atoms in total. The van der Waals surface area contributed by atoms with Gasteiger partial charge in [0.15, 0.2) is 11.3 Å². The molecule has 0 saturated heterocycles. The number of nitriles is 1. The smallest absolute Gasteiger partial charge is 0.354 e. The topological polar surface area (TPSA) is 91.8 Å². The Labute approximate surface area is 132 Å². The van der Waals surface area contributed by atoms with E-state index in [2.05, 4.69) is 16.0 Å². The molecular formula is C17H14N4O2. The first-order chi connectivity index (χ1) is 11.1. The highest BCUT2D eigenvalue weighted by molar-refractivity contribution is 5.88. The first kappa shape index (κ1) is 14.7. The van der Waals surface area contributed by atoms with Crippen molar-refractivity contribution in [3.8, 4) is 6.07 Å². The summed E-state index contributed by atoms with van der Waals surface area (Å²) in [6.07, 6.45) is 1.50. The number of carboxylic acid groups (broad SMARTS) is 1. The number of benzene rings is 1. The standard InChI is InChI=1S/C17H14N4O2/c1-21-14-8-7-13(17(22)23)19-16(14)20-15(21)9-6-11-2-4-12(10-18)5-3-11/h2-5,7-8H,6,9H2,1H3,(H,22,23). The second-order valence-corrected chi connectivity index (χ2v) is 5.24. The van der Waals surface area contributed by atoms with Crippen LogP contribution in [0.5, 0.6) is 0 Å². The van der Waals surface area contributed by atoms with Gasteiger partial charge in [-0.05, 0) is 36.2 Å². The number of pyridine rings is 1. The summed E-state index contributed by atoms with van der Waals surface area (Å²) < 4.78 is 1.93. The molecule has 3 aromatic rings. The quantitative estimate of drug-likeness (QED) is 0.798.